The monoisotopic (exact) mass is 287 g/mol. The van der Waals surface area contributed by atoms with Gasteiger partial charge >= 0.3 is 0 Å². The van der Waals surface area contributed by atoms with E-state index in [1.165, 1.54) is 16.0 Å². The molecule has 1 aromatic carbocycles. The van der Waals surface area contributed by atoms with E-state index in [1.54, 1.807) is 11.8 Å². The molecule has 1 aromatic heterocycles. The maximum atomic E-state index is 5.91. The quantitative estimate of drug-likeness (QED) is 0.844. The molecule has 0 aliphatic carbocycles. The van der Waals surface area contributed by atoms with E-state index in [1.807, 2.05) is 6.07 Å². The van der Waals surface area contributed by atoms with Crippen LogP contribution in [-0.2, 0) is 5.41 Å². The summed E-state index contributed by atoms with van der Waals surface area (Å²) in [6.45, 7) is 10.5. The normalized spacial score (nSPS) is 11.7. The number of anilines is 1. The first kappa shape index (κ1) is 14.9. The predicted molar refractivity (Wildman–Crippen MR) is 85.2 cm³/mol. The third-order valence-electron chi connectivity index (χ3n) is 2.94. The average molecular weight is 287 g/mol. The maximum Gasteiger partial charge on any atom is 0.137 e. The Labute approximate surface area is 125 Å². The van der Waals surface area contributed by atoms with E-state index in [4.69, 9.17) is 5.73 Å². The Balaban J connectivity index is 2.36. The predicted octanol–water partition coefficient (Wildman–Crippen LogP) is 4.12. The van der Waals surface area contributed by atoms with Crippen LogP contribution >= 0.6 is 11.8 Å². The Hall–Kier alpha value is -1.55. The molecule has 0 bridgehead atoms. The van der Waals surface area contributed by atoms with Gasteiger partial charge in [-0.3, -0.25) is 0 Å². The molecule has 4 heteroatoms. The van der Waals surface area contributed by atoms with Crippen LogP contribution in [0.15, 0.2) is 34.2 Å². The molecule has 0 saturated carbocycles. The van der Waals surface area contributed by atoms with Crippen LogP contribution in [0.2, 0.25) is 0 Å². The summed E-state index contributed by atoms with van der Waals surface area (Å²) >= 11 is 1.64. The summed E-state index contributed by atoms with van der Waals surface area (Å²) in [6.07, 6.45) is 0. The second-order valence-electron chi connectivity index (χ2n) is 6.08. The molecule has 106 valence electrons. The lowest BCUT2D eigenvalue weighted by Crippen LogP contribution is -2.17. The van der Waals surface area contributed by atoms with Crippen molar-refractivity contribution in [1.29, 1.82) is 0 Å². The van der Waals surface area contributed by atoms with E-state index in [9.17, 15) is 0 Å². The van der Waals surface area contributed by atoms with Crippen molar-refractivity contribution in [2.24, 2.45) is 0 Å². The van der Waals surface area contributed by atoms with Crippen LogP contribution < -0.4 is 5.73 Å². The average Bonchev–Trinajstić information content (AvgIpc) is 2.31. The van der Waals surface area contributed by atoms with Crippen LogP contribution in [0, 0.1) is 13.8 Å². The molecule has 0 aliphatic heterocycles. The fourth-order valence-electron chi connectivity index (χ4n) is 1.86. The fraction of sp³-hybridized carbons (Fsp3) is 0.375. The van der Waals surface area contributed by atoms with Crippen LogP contribution in [0.3, 0.4) is 0 Å². The summed E-state index contributed by atoms with van der Waals surface area (Å²) in [5.41, 5.74) is 8.33. The van der Waals surface area contributed by atoms with Crippen molar-refractivity contribution in [2.75, 3.05) is 5.73 Å². The van der Waals surface area contributed by atoms with E-state index in [0.29, 0.717) is 5.82 Å². The standard InChI is InChI=1S/C16H21N3S/c1-10-6-7-12(11(2)8-10)20-14-9-13(17)18-15(19-14)16(3,4)5/h6-9H,1-5H3,(H2,17,18,19). The molecule has 2 rings (SSSR count). The molecular weight excluding hydrogens is 266 g/mol. The number of rotatable bonds is 2. The molecule has 1 heterocycles. The van der Waals surface area contributed by atoms with E-state index in [-0.39, 0.29) is 5.41 Å². The molecule has 0 atom stereocenters. The lowest BCUT2D eigenvalue weighted by Gasteiger charge is -2.17. The third kappa shape index (κ3) is 3.51. The van der Waals surface area contributed by atoms with Crippen LogP contribution in [0.1, 0.15) is 37.7 Å². The molecular formula is C16H21N3S. The minimum atomic E-state index is -0.104. The smallest absolute Gasteiger partial charge is 0.137 e. The van der Waals surface area contributed by atoms with Gasteiger partial charge in [0, 0.05) is 16.4 Å². The highest BCUT2D eigenvalue weighted by Crippen LogP contribution is 2.31. The topological polar surface area (TPSA) is 51.8 Å². The van der Waals surface area contributed by atoms with Gasteiger partial charge in [-0.05, 0) is 25.5 Å². The van der Waals surface area contributed by atoms with Crippen molar-refractivity contribution in [3.05, 3.63) is 41.2 Å². The van der Waals surface area contributed by atoms with E-state index >= 15 is 0 Å². The van der Waals surface area contributed by atoms with E-state index in [2.05, 4.69) is 62.8 Å². The van der Waals surface area contributed by atoms with Gasteiger partial charge in [-0.15, -0.1) is 0 Å². The van der Waals surface area contributed by atoms with Gasteiger partial charge in [0.25, 0.3) is 0 Å². The Morgan fingerprint density at radius 1 is 1.05 bits per heavy atom. The summed E-state index contributed by atoms with van der Waals surface area (Å²) in [5.74, 6) is 1.31. The zero-order chi connectivity index (χ0) is 14.9. The van der Waals surface area contributed by atoms with Gasteiger partial charge in [0.05, 0.1) is 0 Å². The Kier molecular flexibility index (Phi) is 4.04. The number of nitrogens with zero attached hydrogens (tertiary/aromatic N) is 2. The number of hydrogen-bond acceptors (Lipinski definition) is 4. The first-order valence-electron chi connectivity index (χ1n) is 6.66. The SMILES string of the molecule is Cc1ccc(Sc2cc(N)nc(C(C)(C)C)n2)c(C)c1. The number of aromatic nitrogens is 2. The van der Waals surface area contributed by atoms with Crippen LogP contribution in [-0.4, -0.2) is 9.97 Å². The molecule has 2 aromatic rings. The van der Waals surface area contributed by atoms with E-state index in [0.717, 1.165) is 10.9 Å². The summed E-state index contributed by atoms with van der Waals surface area (Å²) in [4.78, 5) is 10.2. The zero-order valence-electron chi connectivity index (χ0n) is 12.7. The van der Waals surface area contributed by atoms with Crippen LogP contribution in [0.25, 0.3) is 0 Å². The van der Waals surface area contributed by atoms with Gasteiger partial charge in [0.1, 0.15) is 16.7 Å². The summed E-state index contributed by atoms with van der Waals surface area (Å²) in [7, 11) is 0. The molecule has 0 saturated heterocycles. The molecule has 0 aliphatic rings. The van der Waals surface area contributed by atoms with Gasteiger partial charge in [-0.2, -0.15) is 0 Å². The minimum Gasteiger partial charge on any atom is -0.384 e. The highest BCUT2D eigenvalue weighted by molar-refractivity contribution is 7.99. The number of hydrogen-bond donors (Lipinski definition) is 1. The van der Waals surface area contributed by atoms with Crippen molar-refractivity contribution >= 4 is 17.6 Å². The van der Waals surface area contributed by atoms with Crippen molar-refractivity contribution in [3.8, 4) is 0 Å². The van der Waals surface area contributed by atoms with Gasteiger partial charge in [0.2, 0.25) is 0 Å². The zero-order valence-corrected chi connectivity index (χ0v) is 13.5. The number of nitrogen functional groups attached to an aromatic ring is 1. The maximum absolute atomic E-state index is 5.91. The summed E-state index contributed by atoms with van der Waals surface area (Å²) in [5, 5.41) is 0.898. The number of benzene rings is 1. The second kappa shape index (κ2) is 5.44. The molecule has 0 spiro atoms. The Morgan fingerprint density at radius 2 is 1.75 bits per heavy atom. The van der Waals surface area contributed by atoms with Gasteiger partial charge in [0.15, 0.2) is 0 Å². The first-order chi connectivity index (χ1) is 9.25. The summed E-state index contributed by atoms with van der Waals surface area (Å²) < 4.78 is 0. The van der Waals surface area contributed by atoms with Gasteiger partial charge in [-0.1, -0.05) is 50.2 Å². The van der Waals surface area contributed by atoms with Crippen molar-refractivity contribution in [2.45, 2.75) is 50.0 Å². The second-order valence-corrected chi connectivity index (χ2v) is 7.14. The lowest BCUT2D eigenvalue weighted by molar-refractivity contribution is 0.540. The largest absolute Gasteiger partial charge is 0.384 e. The van der Waals surface area contributed by atoms with Gasteiger partial charge < -0.3 is 5.73 Å². The third-order valence-corrected chi connectivity index (χ3v) is 4.03. The van der Waals surface area contributed by atoms with Crippen LogP contribution in [0.5, 0.6) is 0 Å². The van der Waals surface area contributed by atoms with Crippen molar-refractivity contribution < 1.29 is 0 Å². The molecule has 3 nitrogen and oxygen atoms in total. The highest BCUT2D eigenvalue weighted by Gasteiger charge is 2.19. The number of aryl methyl sites for hydroxylation is 2. The molecule has 0 unspecified atom stereocenters. The molecule has 2 N–H and O–H groups in total. The Bertz CT molecular complexity index is 630. The highest BCUT2D eigenvalue weighted by atomic mass is 32.2. The molecule has 0 radical (unpaired) electrons. The fourth-order valence-corrected chi connectivity index (χ4v) is 2.75. The van der Waals surface area contributed by atoms with Crippen LogP contribution in [0.4, 0.5) is 5.82 Å². The summed E-state index contributed by atoms with van der Waals surface area (Å²) in [6, 6.07) is 8.26. The lowest BCUT2D eigenvalue weighted by atomic mass is 9.96. The first-order valence-corrected chi connectivity index (χ1v) is 7.47. The molecule has 0 amide bonds. The Morgan fingerprint density at radius 3 is 2.35 bits per heavy atom. The molecule has 20 heavy (non-hydrogen) atoms. The number of nitrogens with two attached hydrogens (primary N) is 1. The molecule has 0 fully saturated rings. The van der Waals surface area contributed by atoms with Gasteiger partial charge in [-0.25, -0.2) is 9.97 Å². The van der Waals surface area contributed by atoms with Crippen molar-refractivity contribution in [1.82, 2.24) is 9.97 Å². The minimum absolute atomic E-state index is 0.104. The van der Waals surface area contributed by atoms with Crippen molar-refractivity contribution in [3.63, 3.8) is 0 Å². The van der Waals surface area contributed by atoms with E-state index < -0.39 is 0 Å².